The lowest BCUT2D eigenvalue weighted by atomic mass is 9.94. The molecule has 0 bridgehead atoms. The average molecular weight is 636 g/mol. The molecule has 6 rings (SSSR count). The fourth-order valence-electron chi connectivity index (χ4n) is 5.52. The van der Waals surface area contributed by atoms with Crippen molar-refractivity contribution in [2.45, 2.75) is 0 Å². The number of benzene rings is 5. The Labute approximate surface area is 273 Å². The van der Waals surface area contributed by atoms with Crippen molar-refractivity contribution in [1.29, 1.82) is 0 Å². The van der Waals surface area contributed by atoms with Crippen LogP contribution in [0.1, 0.15) is 41.4 Å². The Morgan fingerprint density at radius 2 is 0.792 bits per heavy atom. The predicted molar refractivity (Wildman–Crippen MR) is 179 cm³/mol. The molecule has 5 aromatic carbocycles. The topological polar surface area (TPSA) is 162 Å². The van der Waals surface area contributed by atoms with E-state index in [9.17, 15) is 39.6 Å². The molecule has 9 nitrogen and oxygen atoms in total. The van der Waals surface area contributed by atoms with Crippen LogP contribution in [0.25, 0.3) is 55.9 Å². The third-order valence-electron chi connectivity index (χ3n) is 7.95. The Hall–Kier alpha value is -6.87. The summed E-state index contributed by atoms with van der Waals surface area (Å²) in [6.07, 6.45) is 0. The minimum atomic E-state index is -1.33. The Morgan fingerprint density at radius 1 is 0.375 bits per heavy atom. The largest absolute Gasteiger partial charge is 0.478 e. The third kappa shape index (κ3) is 6.16. The predicted octanol–water partition coefficient (Wildman–Crippen LogP) is 8.21. The zero-order valence-electron chi connectivity index (χ0n) is 25.0. The number of aromatic carboxylic acids is 4. The number of hydrogen-bond donors (Lipinski definition) is 4. The van der Waals surface area contributed by atoms with E-state index in [1.54, 1.807) is 12.1 Å². The molecule has 9 heteroatoms. The molecule has 1 heterocycles. The van der Waals surface area contributed by atoms with Crippen LogP contribution < -0.4 is 0 Å². The van der Waals surface area contributed by atoms with Gasteiger partial charge in [0, 0.05) is 16.7 Å². The molecule has 0 aliphatic carbocycles. The minimum Gasteiger partial charge on any atom is -0.478 e. The van der Waals surface area contributed by atoms with Gasteiger partial charge < -0.3 is 20.4 Å². The number of carbonyl (C=O) groups is 4. The lowest BCUT2D eigenvalue weighted by Gasteiger charge is -2.13. The number of pyridine rings is 1. The minimum absolute atomic E-state index is 0.285. The Kier molecular flexibility index (Phi) is 8.34. The van der Waals surface area contributed by atoms with Crippen molar-refractivity contribution in [3.05, 3.63) is 150 Å². The second kappa shape index (κ2) is 12.9. The molecule has 0 radical (unpaired) electrons. The van der Waals surface area contributed by atoms with E-state index >= 15 is 0 Å². The molecule has 48 heavy (non-hydrogen) atoms. The van der Waals surface area contributed by atoms with Crippen LogP contribution >= 0.6 is 0 Å². The van der Waals surface area contributed by atoms with Gasteiger partial charge in [-0.15, -0.1) is 0 Å². The summed E-state index contributed by atoms with van der Waals surface area (Å²) in [5.41, 5.74) is 6.21. The van der Waals surface area contributed by atoms with Crippen LogP contribution in [0.3, 0.4) is 0 Å². The molecule has 234 valence electrons. The van der Waals surface area contributed by atoms with Gasteiger partial charge in [-0.1, -0.05) is 97.1 Å². The van der Waals surface area contributed by atoms with Gasteiger partial charge in [0.1, 0.15) is 0 Å². The molecule has 0 aliphatic rings. The van der Waals surface area contributed by atoms with E-state index in [-0.39, 0.29) is 22.3 Å². The van der Waals surface area contributed by atoms with Gasteiger partial charge in [-0.2, -0.15) is 0 Å². The summed E-state index contributed by atoms with van der Waals surface area (Å²) >= 11 is 0. The summed E-state index contributed by atoms with van der Waals surface area (Å²) in [7, 11) is 0. The van der Waals surface area contributed by atoms with Crippen molar-refractivity contribution in [3.63, 3.8) is 0 Å². The van der Waals surface area contributed by atoms with Gasteiger partial charge in [-0.25, -0.2) is 24.2 Å². The first-order chi connectivity index (χ1) is 23.1. The molecule has 0 saturated heterocycles. The van der Waals surface area contributed by atoms with E-state index in [0.717, 1.165) is 22.3 Å². The quantitative estimate of drug-likeness (QED) is 0.123. The highest BCUT2D eigenvalue weighted by atomic mass is 16.4. The Bertz CT molecular complexity index is 2220. The van der Waals surface area contributed by atoms with Crippen molar-refractivity contribution >= 4 is 23.9 Å². The van der Waals surface area contributed by atoms with Gasteiger partial charge in [-0.05, 0) is 58.1 Å². The molecule has 1 aromatic heterocycles. The Morgan fingerprint density at radius 3 is 1.25 bits per heavy atom. The first-order valence-corrected chi connectivity index (χ1v) is 14.6. The van der Waals surface area contributed by atoms with Crippen LogP contribution in [0, 0.1) is 0 Å². The smallest absolute Gasteiger partial charge is 0.336 e. The number of carboxylic acid groups (broad SMARTS) is 4. The molecule has 0 unspecified atom stereocenters. The maximum absolute atomic E-state index is 11.7. The molecule has 0 atom stereocenters. The molecule has 0 fully saturated rings. The molecule has 6 aromatic rings. The highest BCUT2D eigenvalue weighted by Crippen LogP contribution is 2.35. The average Bonchev–Trinajstić information content (AvgIpc) is 3.11. The SMILES string of the molecule is O=C(O)c1ccc(-c2ccc(-c3ccc(-c4ccccc4)c(-c4ccc(-c5ccc(C(=O)O)c(C(=O)O)c5)cc4)n3)cc2)cc1C(=O)O. The van der Waals surface area contributed by atoms with E-state index < -0.39 is 23.9 Å². The third-order valence-corrected chi connectivity index (χ3v) is 7.95. The van der Waals surface area contributed by atoms with Gasteiger partial charge >= 0.3 is 23.9 Å². The normalized spacial score (nSPS) is 10.8. The van der Waals surface area contributed by atoms with Crippen molar-refractivity contribution in [2.24, 2.45) is 0 Å². The highest BCUT2D eigenvalue weighted by Gasteiger charge is 2.19. The summed E-state index contributed by atoms with van der Waals surface area (Å²) < 4.78 is 0. The summed E-state index contributed by atoms with van der Waals surface area (Å²) in [6, 6.07) is 36.9. The van der Waals surface area contributed by atoms with Gasteiger partial charge in [0.25, 0.3) is 0 Å². The maximum atomic E-state index is 11.7. The first kappa shape index (κ1) is 31.1. The van der Waals surface area contributed by atoms with Gasteiger partial charge in [0.2, 0.25) is 0 Å². The fourth-order valence-corrected chi connectivity index (χ4v) is 5.52. The molecule has 0 aliphatic heterocycles. The van der Waals surface area contributed by atoms with E-state index in [4.69, 9.17) is 4.98 Å². The van der Waals surface area contributed by atoms with Gasteiger partial charge in [0.05, 0.1) is 33.6 Å². The van der Waals surface area contributed by atoms with E-state index in [1.807, 2.05) is 91.0 Å². The van der Waals surface area contributed by atoms with Gasteiger partial charge in [-0.3, -0.25) is 0 Å². The van der Waals surface area contributed by atoms with Crippen molar-refractivity contribution in [3.8, 4) is 55.9 Å². The zero-order chi connectivity index (χ0) is 33.9. The zero-order valence-corrected chi connectivity index (χ0v) is 25.0. The van der Waals surface area contributed by atoms with Crippen LogP contribution in [-0.4, -0.2) is 49.3 Å². The summed E-state index contributed by atoms with van der Waals surface area (Å²) in [6.45, 7) is 0. The molecule has 0 spiro atoms. The summed E-state index contributed by atoms with van der Waals surface area (Å²) in [5, 5.41) is 37.8. The monoisotopic (exact) mass is 635 g/mol. The summed E-state index contributed by atoms with van der Waals surface area (Å²) in [5.74, 6) is -5.28. The molecule has 0 saturated carbocycles. The van der Waals surface area contributed by atoms with Crippen molar-refractivity contribution in [2.75, 3.05) is 0 Å². The lowest BCUT2D eigenvalue weighted by Crippen LogP contribution is -2.07. The molecule has 4 N–H and O–H groups in total. The second-order valence-electron chi connectivity index (χ2n) is 10.9. The Balaban J connectivity index is 1.37. The van der Waals surface area contributed by atoms with E-state index in [1.165, 1.54) is 24.3 Å². The highest BCUT2D eigenvalue weighted by molar-refractivity contribution is 6.03. The number of carboxylic acids is 4. The van der Waals surface area contributed by atoms with Crippen molar-refractivity contribution in [1.82, 2.24) is 4.98 Å². The van der Waals surface area contributed by atoms with Crippen molar-refractivity contribution < 1.29 is 39.6 Å². The first-order valence-electron chi connectivity index (χ1n) is 14.6. The van der Waals surface area contributed by atoms with Crippen LogP contribution in [0.2, 0.25) is 0 Å². The van der Waals surface area contributed by atoms with E-state index in [2.05, 4.69) is 0 Å². The maximum Gasteiger partial charge on any atom is 0.336 e. The number of hydrogen-bond acceptors (Lipinski definition) is 5. The van der Waals surface area contributed by atoms with Gasteiger partial charge in [0.15, 0.2) is 0 Å². The molecular formula is C39H25NO8. The van der Waals surface area contributed by atoms with Crippen LogP contribution in [0.4, 0.5) is 0 Å². The number of rotatable bonds is 9. The second-order valence-corrected chi connectivity index (χ2v) is 10.9. The van der Waals surface area contributed by atoms with Crippen LogP contribution in [0.15, 0.2) is 127 Å². The lowest BCUT2D eigenvalue weighted by molar-refractivity contribution is 0.0651. The van der Waals surface area contributed by atoms with E-state index in [0.29, 0.717) is 33.6 Å². The van der Waals surface area contributed by atoms with Crippen LogP contribution in [0.5, 0.6) is 0 Å². The number of aromatic nitrogens is 1. The fraction of sp³-hybridized carbons (Fsp3) is 0. The molecular weight excluding hydrogens is 610 g/mol. The summed E-state index contributed by atoms with van der Waals surface area (Å²) in [4.78, 5) is 51.4. The molecule has 0 amide bonds. The standard InChI is InChI=1S/C39H25NO8/c41-36(42)30-16-14-27(20-32(30)38(45)46)22-6-10-25(11-7-22)34-19-18-29(24-4-2-1-3-5-24)35(40-34)26-12-8-23(9-13-26)28-15-17-31(37(43)44)33(21-28)39(47)48/h1-21H,(H,41,42)(H,43,44)(H,45,46)(H,47,48). The number of nitrogens with zero attached hydrogens (tertiary/aromatic N) is 1. The van der Waals surface area contributed by atoms with Crippen LogP contribution in [-0.2, 0) is 0 Å².